The van der Waals surface area contributed by atoms with Crippen LogP contribution in [0.1, 0.15) is 6.92 Å². The number of nitrogens with zero attached hydrogens (tertiary/aromatic N) is 2. The first kappa shape index (κ1) is 14.2. The smallest absolute Gasteiger partial charge is 0.316 e. The molecule has 0 aromatic heterocycles. The number of benzene rings is 1. The Morgan fingerprint density at radius 3 is 2.28 bits per heavy atom. The maximum Gasteiger partial charge on any atom is 0.316 e. The lowest BCUT2D eigenvalue weighted by Crippen LogP contribution is -2.44. The Hall–Kier alpha value is -1.88. The number of anilines is 1. The minimum absolute atomic E-state index is 0.150. The zero-order chi connectivity index (χ0) is 13.5. The van der Waals surface area contributed by atoms with Crippen molar-refractivity contribution in [3.63, 3.8) is 0 Å². The van der Waals surface area contributed by atoms with E-state index in [0.717, 1.165) is 0 Å². The average molecular weight is 250 g/mol. The Morgan fingerprint density at radius 1 is 1.17 bits per heavy atom. The van der Waals surface area contributed by atoms with Gasteiger partial charge in [0.2, 0.25) is 0 Å². The lowest BCUT2D eigenvalue weighted by atomic mass is 10.2. The van der Waals surface area contributed by atoms with Gasteiger partial charge in [-0.3, -0.25) is 9.59 Å². The van der Waals surface area contributed by atoms with E-state index in [1.165, 1.54) is 16.8 Å². The van der Waals surface area contributed by atoms with Gasteiger partial charge in [0.15, 0.2) is 0 Å². The molecule has 0 aliphatic carbocycles. The van der Waals surface area contributed by atoms with Crippen LogP contribution in [0.15, 0.2) is 30.3 Å². The molecule has 1 aromatic rings. The number of likely N-dealkylation sites (N-methyl/N-ethyl adjacent to an activating group) is 2. The van der Waals surface area contributed by atoms with Crippen molar-refractivity contribution >= 4 is 17.5 Å². The summed E-state index contributed by atoms with van der Waals surface area (Å²) in [5.74, 6) is -1.20. The zero-order valence-corrected chi connectivity index (χ0v) is 10.7. The molecule has 18 heavy (non-hydrogen) atoms. The van der Waals surface area contributed by atoms with Gasteiger partial charge in [0.25, 0.3) is 0 Å². The Kier molecular flexibility index (Phi) is 5.32. The zero-order valence-electron chi connectivity index (χ0n) is 10.7. The number of aliphatic hydroxyl groups excluding tert-OH is 1. The van der Waals surface area contributed by atoms with E-state index in [1.807, 2.05) is 25.1 Å². The van der Waals surface area contributed by atoms with E-state index in [-0.39, 0.29) is 13.2 Å². The number of hydrogen-bond donors (Lipinski definition) is 1. The fourth-order valence-electron chi connectivity index (χ4n) is 1.58. The second kappa shape index (κ2) is 6.76. The minimum Gasteiger partial charge on any atom is -0.395 e. The van der Waals surface area contributed by atoms with Crippen molar-refractivity contribution < 1.29 is 14.7 Å². The third-order valence-electron chi connectivity index (χ3n) is 2.59. The highest BCUT2D eigenvalue weighted by Gasteiger charge is 2.24. The van der Waals surface area contributed by atoms with Crippen LogP contribution in [-0.4, -0.2) is 48.6 Å². The van der Waals surface area contributed by atoms with Crippen LogP contribution in [0.3, 0.4) is 0 Å². The maximum absolute atomic E-state index is 12.0. The van der Waals surface area contributed by atoms with E-state index in [0.29, 0.717) is 12.2 Å². The third kappa shape index (κ3) is 3.30. The summed E-state index contributed by atoms with van der Waals surface area (Å²) < 4.78 is 0. The average Bonchev–Trinajstić information content (AvgIpc) is 2.40. The van der Waals surface area contributed by atoms with Gasteiger partial charge >= 0.3 is 11.8 Å². The van der Waals surface area contributed by atoms with Crippen molar-refractivity contribution in [2.24, 2.45) is 0 Å². The summed E-state index contributed by atoms with van der Waals surface area (Å²) >= 11 is 0. The highest BCUT2D eigenvalue weighted by Crippen LogP contribution is 2.13. The summed E-state index contributed by atoms with van der Waals surface area (Å²) in [7, 11) is 1.50. The van der Waals surface area contributed by atoms with Crippen molar-refractivity contribution in [1.82, 2.24) is 4.90 Å². The highest BCUT2D eigenvalue weighted by atomic mass is 16.3. The molecule has 0 heterocycles. The molecule has 98 valence electrons. The van der Waals surface area contributed by atoms with Gasteiger partial charge in [-0.15, -0.1) is 0 Å². The molecule has 0 saturated carbocycles. The van der Waals surface area contributed by atoms with Crippen molar-refractivity contribution in [3.8, 4) is 0 Å². The molecule has 0 aliphatic rings. The van der Waals surface area contributed by atoms with Gasteiger partial charge in [-0.05, 0) is 19.1 Å². The maximum atomic E-state index is 12.0. The minimum atomic E-state index is -0.616. The molecule has 0 spiro atoms. The summed E-state index contributed by atoms with van der Waals surface area (Å²) in [6.45, 7) is 2.22. The molecule has 0 atom stereocenters. The van der Waals surface area contributed by atoms with Crippen LogP contribution in [0.5, 0.6) is 0 Å². The van der Waals surface area contributed by atoms with Crippen LogP contribution in [0.4, 0.5) is 5.69 Å². The fraction of sp³-hybridized carbons (Fsp3) is 0.385. The van der Waals surface area contributed by atoms with Gasteiger partial charge in [0, 0.05) is 25.8 Å². The SMILES string of the molecule is CCN(C(=O)C(=O)N(C)CCO)c1ccccc1. The number of amides is 2. The number of carbonyl (C=O) groups is 2. The molecule has 1 aromatic carbocycles. The summed E-state index contributed by atoms with van der Waals surface area (Å²) in [6.07, 6.45) is 0. The lowest BCUT2D eigenvalue weighted by Gasteiger charge is -2.23. The quantitative estimate of drug-likeness (QED) is 0.791. The monoisotopic (exact) mass is 250 g/mol. The molecule has 0 saturated heterocycles. The van der Waals surface area contributed by atoms with Crippen molar-refractivity contribution in [1.29, 1.82) is 0 Å². The van der Waals surface area contributed by atoms with Crippen LogP contribution in [0.2, 0.25) is 0 Å². The van der Waals surface area contributed by atoms with Gasteiger partial charge in [0.1, 0.15) is 0 Å². The predicted molar refractivity (Wildman–Crippen MR) is 69.2 cm³/mol. The van der Waals surface area contributed by atoms with Gasteiger partial charge in [-0.2, -0.15) is 0 Å². The van der Waals surface area contributed by atoms with Gasteiger partial charge in [-0.1, -0.05) is 18.2 Å². The summed E-state index contributed by atoms with van der Waals surface area (Å²) in [6, 6.07) is 9.03. The van der Waals surface area contributed by atoms with Crippen molar-refractivity contribution in [2.75, 3.05) is 31.6 Å². The second-order valence-corrected chi connectivity index (χ2v) is 3.84. The molecule has 0 aliphatic heterocycles. The van der Waals surface area contributed by atoms with Crippen molar-refractivity contribution in [2.45, 2.75) is 6.92 Å². The van der Waals surface area contributed by atoms with E-state index < -0.39 is 11.8 Å². The molecule has 1 N–H and O–H groups in total. The first-order valence-corrected chi connectivity index (χ1v) is 5.84. The fourth-order valence-corrected chi connectivity index (χ4v) is 1.58. The molecule has 2 amide bonds. The third-order valence-corrected chi connectivity index (χ3v) is 2.59. The number of para-hydroxylation sites is 1. The predicted octanol–water partition coefficient (Wildman–Crippen LogP) is 0.490. The topological polar surface area (TPSA) is 60.9 Å². The number of hydrogen-bond acceptors (Lipinski definition) is 3. The van der Waals surface area contributed by atoms with Crippen LogP contribution >= 0.6 is 0 Å². The van der Waals surface area contributed by atoms with E-state index in [4.69, 9.17) is 5.11 Å². The van der Waals surface area contributed by atoms with Crippen LogP contribution < -0.4 is 4.90 Å². The van der Waals surface area contributed by atoms with Crippen molar-refractivity contribution in [3.05, 3.63) is 30.3 Å². The first-order chi connectivity index (χ1) is 8.61. The Morgan fingerprint density at radius 2 is 1.78 bits per heavy atom. The standard InChI is InChI=1S/C13H18N2O3/c1-3-15(11-7-5-4-6-8-11)13(18)12(17)14(2)9-10-16/h4-8,16H,3,9-10H2,1-2H3. The molecular formula is C13H18N2O3. The largest absolute Gasteiger partial charge is 0.395 e. The Labute approximate surface area is 107 Å². The number of aliphatic hydroxyl groups is 1. The molecule has 1 rings (SSSR count). The molecule has 5 nitrogen and oxygen atoms in total. The highest BCUT2D eigenvalue weighted by molar-refractivity contribution is 6.40. The van der Waals surface area contributed by atoms with Gasteiger partial charge < -0.3 is 14.9 Å². The molecular weight excluding hydrogens is 232 g/mol. The molecule has 0 fully saturated rings. The number of rotatable bonds is 4. The van der Waals surface area contributed by atoms with E-state index >= 15 is 0 Å². The normalized spacial score (nSPS) is 9.94. The van der Waals surface area contributed by atoms with E-state index in [2.05, 4.69) is 0 Å². The summed E-state index contributed by atoms with van der Waals surface area (Å²) in [5, 5.41) is 8.76. The van der Waals surface area contributed by atoms with Gasteiger partial charge in [0.05, 0.1) is 6.61 Å². The first-order valence-electron chi connectivity index (χ1n) is 5.84. The van der Waals surface area contributed by atoms with Crippen LogP contribution in [-0.2, 0) is 9.59 Å². The molecule has 0 radical (unpaired) electrons. The van der Waals surface area contributed by atoms with E-state index in [1.54, 1.807) is 12.1 Å². The lowest BCUT2D eigenvalue weighted by molar-refractivity contribution is -0.143. The molecule has 5 heteroatoms. The van der Waals surface area contributed by atoms with E-state index in [9.17, 15) is 9.59 Å². The van der Waals surface area contributed by atoms with Crippen LogP contribution in [0.25, 0.3) is 0 Å². The second-order valence-electron chi connectivity index (χ2n) is 3.84. The number of carbonyl (C=O) groups excluding carboxylic acids is 2. The van der Waals surface area contributed by atoms with Gasteiger partial charge in [-0.25, -0.2) is 0 Å². The molecule has 0 unspecified atom stereocenters. The summed E-state index contributed by atoms with van der Waals surface area (Å²) in [4.78, 5) is 26.5. The van der Waals surface area contributed by atoms with Crippen LogP contribution in [0, 0.1) is 0 Å². The molecule has 0 bridgehead atoms. The Balaban J connectivity index is 2.83. The summed E-state index contributed by atoms with van der Waals surface area (Å²) in [5.41, 5.74) is 0.691. The Bertz CT molecular complexity index is 406.